The highest BCUT2D eigenvalue weighted by Crippen LogP contribution is 2.08. The lowest BCUT2D eigenvalue weighted by molar-refractivity contribution is 0.316. The zero-order chi connectivity index (χ0) is 9.52. The molecular formula is C9H12FNOS. The van der Waals surface area contributed by atoms with E-state index in [-0.39, 0.29) is 0 Å². The minimum absolute atomic E-state index is 0.475. The molecule has 0 saturated carbocycles. The van der Waals surface area contributed by atoms with E-state index in [1.807, 2.05) is 0 Å². The van der Waals surface area contributed by atoms with Gasteiger partial charge >= 0.3 is 0 Å². The normalized spacial score (nSPS) is 10.0. The first-order valence-electron chi connectivity index (χ1n) is 4.06. The molecule has 0 aliphatic rings. The molecule has 1 heterocycles. The number of ether oxygens (including phenoxy) is 1. The molecule has 0 unspecified atom stereocenters. The second-order valence-electron chi connectivity index (χ2n) is 2.51. The van der Waals surface area contributed by atoms with Gasteiger partial charge in [0.25, 0.3) is 0 Å². The Morgan fingerprint density at radius 1 is 1.54 bits per heavy atom. The highest BCUT2D eigenvalue weighted by atomic mass is 32.2. The van der Waals surface area contributed by atoms with E-state index in [0.29, 0.717) is 12.4 Å². The van der Waals surface area contributed by atoms with Crippen molar-refractivity contribution in [3.63, 3.8) is 0 Å². The average Bonchev–Trinajstić information content (AvgIpc) is 2.15. The first kappa shape index (κ1) is 10.3. The first-order valence-corrected chi connectivity index (χ1v) is 5.45. The van der Waals surface area contributed by atoms with Gasteiger partial charge in [0.1, 0.15) is 5.75 Å². The van der Waals surface area contributed by atoms with Crippen molar-refractivity contribution in [2.75, 3.05) is 18.6 Å². The van der Waals surface area contributed by atoms with Gasteiger partial charge in [0.2, 0.25) is 5.95 Å². The number of pyridine rings is 1. The Labute approximate surface area is 81.5 Å². The second kappa shape index (κ2) is 5.80. The quantitative estimate of drug-likeness (QED) is 0.539. The van der Waals surface area contributed by atoms with Crippen LogP contribution in [0.1, 0.15) is 6.42 Å². The summed E-state index contributed by atoms with van der Waals surface area (Å²) in [5.41, 5.74) is 0. The van der Waals surface area contributed by atoms with Crippen LogP contribution in [0, 0.1) is 5.95 Å². The molecule has 4 heteroatoms. The van der Waals surface area contributed by atoms with Crippen LogP contribution in [0.15, 0.2) is 18.3 Å². The lowest BCUT2D eigenvalue weighted by Gasteiger charge is -2.03. The fourth-order valence-electron chi connectivity index (χ4n) is 0.841. The SMILES string of the molecule is CSCCCOc1ccc(F)nc1. The molecule has 0 aromatic carbocycles. The minimum Gasteiger partial charge on any atom is -0.492 e. The number of thioether (sulfide) groups is 1. The topological polar surface area (TPSA) is 22.1 Å². The number of hydrogen-bond donors (Lipinski definition) is 0. The van der Waals surface area contributed by atoms with Crippen molar-refractivity contribution in [2.45, 2.75) is 6.42 Å². The van der Waals surface area contributed by atoms with Crippen LogP contribution in [0.5, 0.6) is 5.75 Å². The summed E-state index contributed by atoms with van der Waals surface area (Å²) in [5.74, 6) is 1.23. The van der Waals surface area contributed by atoms with Crippen LogP contribution in [-0.4, -0.2) is 23.6 Å². The van der Waals surface area contributed by atoms with Crippen molar-refractivity contribution < 1.29 is 9.13 Å². The Hall–Kier alpha value is -0.770. The molecule has 1 aromatic rings. The molecule has 1 aromatic heterocycles. The standard InChI is InChI=1S/C9H12FNOS/c1-13-6-2-5-12-8-3-4-9(10)11-7-8/h3-4,7H,2,5-6H2,1H3. The Bertz CT molecular complexity index is 240. The molecule has 0 spiro atoms. The molecule has 0 N–H and O–H groups in total. The zero-order valence-corrected chi connectivity index (χ0v) is 8.31. The van der Waals surface area contributed by atoms with E-state index in [2.05, 4.69) is 11.2 Å². The van der Waals surface area contributed by atoms with Gasteiger partial charge in [0.15, 0.2) is 0 Å². The lowest BCUT2D eigenvalue weighted by Crippen LogP contribution is -1.98. The van der Waals surface area contributed by atoms with Crippen molar-refractivity contribution in [3.05, 3.63) is 24.3 Å². The van der Waals surface area contributed by atoms with Crippen molar-refractivity contribution in [3.8, 4) is 5.75 Å². The van der Waals surface area contributed by atoms with E-state index < -0.39 is 5.95 Å². The smallest absolute Gasteiger partial charge is 0.213 e. The molecule has 0 atom stereocenters. The van der Waals surface area contributed by atoms with Gasteiger partial charge < -0.3 is 4.74 Å². The molecule has 0 amide bonds. The summed E-state index contributed by atoms with van der Waals surface area (Å²) in [6, 6.07) is 2.88. The first-order chi connectivity index (χ1) is 6.33. The van der Waals surface area contributed by atoms with Gasteiger partial charge in [0, 0.05) is 0 Å². The summed E-state index contributed by atoms with van der Waals surface area (Å²) in [5, 5.41) is 0. The Balaban J connectivity index is 2.25. The summed E-state index contributed by atoms with van der Waals surface area (Å²) in [7, 11) is 0. The van der Waals surface area contributed by atoms with E-state index in [0.717, 1.165) is 12.2 Å². The fraction of sp³-hybridized carbons (Fsp3) is 0.444. The van der Waals surface area contributed by atoms with Crippen molar-refractivity contribution in [2.24, 2.45) is 0 Å². The van der Waals surface area contributed by atoms with E-state index in [9.17, 15) is 4.39 Å². The van der Waals surface area contributed by atoms with E-state index >= 15 is 0 Å². The zero-order valence-electron chi connectivity index (χ0n) is 7.50. The fourth-order valence-corrected chi connectivity index (χ4v) is 1.25. The maximum Gasteiger partial charge on any atom is 0.213 e. The molecule has 0 bridgehead atoms. The Morgan fingerprint density at radius 3 is 3.00 bits per heavy atom. The molecule has 0 saturated heterocycles. The number of hydrogen-bond acceptors (Lipinski definition) is 3. The number of aromatic nitrogens is 1. The summed E-state index contributed by atoms with van der Waals surface area (Å²) in [6.07, 6.45) is 4.45. The third kappa shape index (κ3) is 4.12. The van der Waals surface area contributed by atoms with Gasteiger partial charge in [-0.1, -0.05) is 0 Å². The summed E-state index contributed by atoms with van der Waals surface area (Å²) >= 11 is 1.78. The molecule has 0 aliphatic carbocycles. The van der Waals surface area contributed by atoms with E-state index in [1.54, 1.807) is 17.8 Å². The summed E-state index contributed by atoms with van der Waals surface area (Å²) < 4.78 is 17.7. The van der Waals surface area contributed by atoms with Crippen LogP contribution in [0.4, 0.5) is 4.39 Å². The van der Waals surface area contributed by atoms with Gasteiger partial charge in [-0.25, -0.2) is 4.98 Å². The van der Waals surface area contributed by atoms with Crippen LogP contribution in [0.2, 0.25) is 0 Å². The molecule has 0 aliphatic heterocycles. The molecule has 2 nitrogen and oxygen atoms in total. The second-order valence-corrected chi connectivity index (χ2v) is 3.50. The molecular weight excluding hydrogens is 189 g/mol. The van der Waals surface area contributed by atoms with Gasteiger partial charge in [0.05, 0.1) is 12.8 Å². The third-order valence-corrected chi connectivity index (χ3v) is 2.16. The van der Waals surface area contributed by atoms with Gasteiger partial charge in [-0.3, -0.25) is 0 Å². The largest absolute Gasteiger partial charge is 0.492 e. The predicted octanol–water partition coefficient (Wildman–Crippen LogP) is 2.35. The lowest BCUT2D eigenvalue weighted by atomic mass is 10.4. The van der Waals surface area contributed by atoms with Gasteiger partial charge in [-0.05, 0) is 30.6 Å². The molecule has 0 fully saturated rings. The van der Waals surface area contributed by atoms with Crippen LogP contribution in [0.25, 0.3) is 0 Å². The predicted molar refractivity (Wildman–Crippen MR) is 52.7 cm³/mol. The molecule has 0 radical (unpaired) electrons. The average molecular weight is 201 g/mol. The highest BCUT2D eigenvalue weighted by molar-refractivity contribution is 7.98. The molecule has 72 valence electrons. The number of halogens is 1. The summed E-state index contributed by atoms with van der Waals surface area (Å²) in [6.45, 7) is 0.661. The van der Waals surface area contributed by atoms with Crippen molar-refractivity contribution in [1.82, 2.24) is 4.98 Å². The molecule has 1 rings (SSSR count). The summed E-state index contributed by atoms with van der Waals surface area (Å²) in [4.78, 5) is 3.48. The third-order valence-electron chi connectivity index (χ3n) is 1.46. The van der Waals surface area contributed by atoms with Crippen LogP contribution >= 0.6 is 11.8 Å². The monoisotopic (exact) mass is 201 g/mol. The Morgan fingerprint density at radius 2 is 2.38 bits per heavy atom. The van der Waals surface area contributed by atoms with Gasteiger partial charge in [-0.15, -0.1) is 0 Å². The van der Waals surface area contributed by atoms with Crippen molar-refractivity contribution >= 4 is 11.8 Å². The van der Waals surface area contributed by atoms with Crippen LogP contribution in [-0.2, 0) is 0 Å². The highest BCUT2D eigenvalue weighted by Gasteiger charge is 1.94. The van der Waals surface area contributed by atoms with Crippen molar-refractivity contribution in [1.29, 1.82) is 0 Å². The molecule has 13 heavy (non-hydrogen) atoms. The number of nitrogens with zero attached hydrogens (tertiary/aromatic N) is 1. The number of rotatable bonds is 5. The van der Waals surface area contributed by atoms with E-state index in [4.69, 9.17) is 4.74 Å². The van der Waals surface area contributed by atoms with Crippen LogP contribution in [0.3, 0.4) is 0 Å². The maximum absolute atomic E-state index is 12.4. The Kier molecular flexibility index (Phi) is 4.60. The van der Waals surface area contributed by atoms with Gasteiger partial charge in [-0.2, -0.15) is 16.2 Å². The minimum atomic E-state index is -0.475. The maximum atomic E-state index is 12.4. The van der Waals surface area contributed by atoms with Crippen LogP contribution < -0.4 is 4.74 Å². The van der Waals surface area contributed by atoms with E-state index in [1.165, 1.54) is 12.3 Å².